The van der Waals surface area contributed by atoms with Gasteiger partial charge in [0, 0.05) is 23.7 Å². The van der Waals surface area contributed by atoms with E-state index in [1.54, 1.807) is 11.3 Å². The maximum atomic E-state index is 12.2. The van der Waals surface area contributed by atoms with E-state index in [9.17, 15) is 9.59 Å². The SMILES string of the molecule is COc1c[nH]c(C(=O)NC[C@@H](c2cccs2)N(C)C)cc1=O. The number of thiophene rings is 1. The number of H-pyrrole nitrogens is 1. The van der Waals surface area contributed by atoms with Crippen LogP contribution >= 0.6 is 11.3 Å². The molecule has 0 saturated carbocycles. The van der Waals surface area contributed by atoms with Crippen LogP contribution in [0.4, 0.5) is 0 Å². The highest BCUT2D eigenvalue weighted by molar-refractivity contribution is 7.10. The number of hydrogen-bond acceptors (Lipinski definition) is 5. The molecule has 0 spiro atoms. The average molecular weight is 321 g/mol. The summed E-state index contributed by atoms with van der Waals surface area (Å²) in [7, 11) is 5.34. The Morgan fingerprint density at radius 1 is 1.50 bits per heavy atom. The minimum Gasteiger partial charge on any atom is -0.491 e. The summed E-state index contributed by atoms with van der Waals surface area (Å²) in [5.41, 5.74) is -0.108. The fourth-order valence-corrected chi connectivity index (χ4v) is 2.97. The molecule has 0 radical (unpaired) electrons. The number of likely N-dealkylation sites (N-methyl/N-ethyl adjacent to an activating group) is 1. The van der Waals surface area contributed by atoms with Crippen molar-refractivity contribution in [3.05, 3.63) is 50.6 Å². The van der Waals surface area contributed by atoms with Crippen LogP contribution in [0, 0.1) is 0 Å². The number of nitrogens with zero attached hydrogens (tertiary/aromatic N) is 1. The van der Waals surface area contributed by atoms with Crippen LogP contribution in [0.2, 0.25) is 0 Å². The second-order valence-corrected chi connectivity index (χ2v) is 5.96. The van der Waals surface area contributed by atoms with Crippen molar-refractivity contribution in [2.45, 2.75) is 6.04 Å². The van der Waals surface area contributed by atoms with E-state index in [1.165, 1.54) is 24.3 Å². The summed E-state index contributed by atoms with van der Waals surface area (Å²) in [6.07, 6.45) is 1.39. The molecule has 0 fully saturated rings. The molecule has 0 bridgehead atoms. The number of rotatable bonds is 6. The number of ether oxygens (including phenoxy) is 1. The van der Waals surface area contributed by atoms with Crippen molar-refractivity contribution in [2.75, 3.05) is 27.7 Å². The van der Waals surface area contributed by atoms with Crippen molar-refractivity contribution < 1.29 is 9.53 Å². The number of carbonyl (C=O) groups is 1. The third-order valence-electron chi connectivity index (χ3n) is 3.29. The van der Waals surface area contributed by atoms with Gasteiger partial charge in [-0.15, -0.1) is 11.3 Å². The van der Waals surface area contributed by atoms with Gasteiger partial charge in [-0.1, -0.05) is 6.07 Å². The van der Waals surface area contributed by atoms with Gasteiger partial charge in [0.15, 0.2) is 5.75 Å². The highest BCUT2D eigenvalue weighted by Gasteiger charge is 2.17. The molecule has 0 aliphatic heterocycles. The molecular weight excluding hydrogens is 302 g/mol. The van der Waals surface area contributed by atoms with E-state index in [-0.39, 0.29) is 28.8 Å². The van der Waals surface area contributed by atoms with Gasteiger partial charge in [0.25, 0.3) is 5.91 Å². The fraction of sp³-hybridized carbons (Fsp3) is 0.333. The molecule has 22 heavy (non-hydrogen) atoms. The van der Waals surface area contributed by atoms with Crippen molar-refractivity contribution in [1.29, 1.82) is 0 Å². The van der Waals surface area contributed by atoms with Gasteiger partial charge in [0.1, 0.15) is 5.69 Å². The molecule has 2 aromatic rings. The fourth-order valence-electron chi connectivity index (χ4n) is 2.05. The summed E-state index contributed by atoms with van der Waals surface area (Å²) in [6, 6.07) is 5.36. The first kappa shape index (κ1) is 16.3. The van der Waals surface area contributed by atoms with Gasteiger partial charge in [-0.05, 0) is 25.5 Å². The number of hydrogen-bond donors (Lipinski definition) is 2. The number of amides is 1. The molecular formula is C15H19N3O3S. The minimum atomic E-state index is -0.325. The number of nitrogens with one attached hydrogen (secondary N) is 2. The zero-order valence-corrected chi connectivity index (χ0v) is 13.6. The quantitative estimate of drug-likeness (QED) is 0.845. The molecule has 6 nitrogen and oxygen atoms in total. The number of methoxy groups -OCH3 is 1. The van der Waals surface area contributed by atoms with Gasteiger partial charge in [-0.2, -0.15) is 0 Å². The highest BCUT2D eigenvalue weighted by atomic mass is 32.1. The van der Waals surface area contributed by atoms with E-state index < -0.39 is 0 Å². The summed E-state index contributed by atoms with van der Waals surface area (Å²) in [5.74, 6) is -0.135. The second-order valence-electron chi connectivity index (χ2n) is 4.98. The molecule has 7 heteroatoms. The van der Waals surface area contributed by atoms with E-state index in [1.807, 2.05) is 36.5 Å². The first-order valence-electron chi connectivity index (χ1n) is 6.77. The lowest BCUT2D eigenvalue weighted by Gasteiger charge is -2.23. The summed E-state index contributed by atoms with van der Waals surface area (Å²) in [6.45, 7) is 0.459. The summed E-state index contributed by atoms with van der Waals surface area (Å²) in [5, 5.41) is 4.86. The lowest BCUT2D eigenvalue weighted by molar-refractivity contribution is 0.0937. The Bertz CT molecular complexity index is 680. The van der Waals surface area contributed by atoms with E-state index in [0.29, 0.717) is 6.54 Å². The Balaban J connectivity index is 2.05. The number of carbonyl (C=O) groups excluding carboxylic acids is 1. The molecule has 0 aromatic carbocycles. The van der Waals surface area contributed by atoms with Crippen LogP contribution in [-0.2, 0) is 0 Å². The maximum Gasteiger partial charge on any atom is 0.267 e. The zero-order chi connectivity index (χ0) is 16.1. The molecule has 0 aliphatic carbocycles. The second kappa shape index (κ2) is 7.24. The van der Waals surface area contributed by atoms with Crippen molar-refractivity contribution in [3.8, 4) is 5.75 Å². The summed E-state index contributed by atoms with van der Waals surface area (Å²) >= 11 is 1.65. The lowest BCUT2D eigenvalue weighted by Crippen LogP contribution is -2.34. The van der Waals surface area contributed by atoms with Gasteiger partial charge in [0.05, 0.1) is 13.2 Å². The largest absolute Gasteiger partial charge is 0.491 e. The van der Waals surface area contributed by atoms with Gasteiger partial charge < -0.3 is 19.9 Å². The molecule has 0 aliphatic rings. The Labute approximate surface area is 132 Å². The highest BCUT2D eigenvalue weighted by Crippen LogP contribution is 2.22. The van der Waals surface area contributed by atoms with Crippen LogP contribution < -0.4 is 15.5 Å². The van der Waals surface area contributed by atoms with Crippen LogP contribution in [0.15, 0.2) is 34.6 Å². The van der Waals surface area contributed by atoms with Crippen molar-refractivity contribution in [2.24, 2.45) is 0 Å². The van der Waals surface area contributed by atoms with Crippen LogP contribution in [0.3, 0.4) is 0 Å². The van der Waals surface area contributed by atoms with Crippen LogP contribution in [0.1, 0.15) is 21.4 Å². The predicted molar refractivity (Wildman–Crippen MR) is 86.7 cm³/mol. The minimum absolute atomic E-state index is 0.0916. The number of aromatic nitrogens is 1. The summed E-state index contributed by atoms with van der Waals surface area (Å²) in [4.78, 5) is 29.8. The third-order valence-corrected chi connectivity index (χ3v) is 4.27. The maximum absolute atomic E-state index is 12.2. The first-order chi connectivity index (χ1) is 10.5. The molecule has 2 aromatic heterocycles. The standard InChI is InChI=1S/C15H19N3O3S/c1-18(2)11(14-5-4-6-22-14)8-17-15(20)10-7-12(19)13(21-3)9-16-10/h4-7,9,11H,8H2,1-3H3,(H,16,19)(H,17,20)/t11-/m0/s1. The smallest absolute Gasteiger partial charge is 0.267 e. The van der Waals surface area contributed by atoms with Gasteiger partial charge in [0.2, 0.25) is 5.43 Å². The van der Waals surface area contributed by atoms with Crippen molar-refractivity contribution >= 4 is 17.2 Å². The number of aromatic amines is 1. The normalized spacial score (nSPS) is 12.2. The summed E-state index contributed by atoms with van der Waals surface area (Å²) < 4.78 is 4.88. The van der Waals surface area contributed by atoms with Crippen LogP contribution in [0.5, 0.6) is 5.75 Å². The van der Waals surface area contributed by atoms with Gasteiger partial charge in [-0.3, -0.25) is 9.59 Å². The molecule has 0 unspecified atom stereocenters. The monoisotopic (exact) mass is 321 g/mol. The lowest BCUT2D eigenvalue weighted by atomic mass is 10.2. The van der Waals surface area contributed by atoms with E-state index >= 15 is 0 Å². The Morgan fingerprint density at radius 3 is 2.82 bits per heavy atom. The molecule has 2 N–H and O–H groups in total. The zero-order valence-electron chi connectivity index (χ0n) is 12.8. The first-order valence-corrected chi connectivity index (χ1v) is 7.65. The molecule has 118 valence electrons. The van der Waals surface area contributed by atoms with Gasteiger partial charge in [-0.25, -0.2) is 0 Å². The Kier molecular flexibility index (Phi) is 5.35. The van der Waals surface area contributed by atoms with E-state index in [2.05, 4.69) is 10.3 Å². The van der Waals surface area contributed by atoms with E-state index in [4.69, 9.17) is 4.74 Å². The van der Waals surface area contributed by atoms with Crippen LogP contribution in [0.25, 0.3) is 0 Å². The molecule has 2 rings (SSSR count). The predicted octanol–water partition coefficient (Wildman–Crippen LogP) is 1.48. The van der Waals surface area contributed by atoms with E-state index in [0.717, 1.165) is 0 Å². The number of pyridine rings is 1. The average Bonchev–Trinajstić information content (AvgIpc) is 3.00. The topological polar surface area (TPSA) is 74.4 Å². The molecule has 1 amide bonds. The van der Waals surface area contributed by atoms with Crippen LogP contribution in [-0.4, -0.2) is 43.5 Å². The van der Waals surface area contributed by atoms with Crippen molar-refractivity contribution in [3.63, 3.8) is 0 Å². The molecule has 1 atom stereocenters. The third kappa shape index (κ3) is 3.75. The van der Waals surface area contributed by atoms with Crippen molar-refractivity contribution in [1.82, 2.24) is 15.2 Å². The van der Waals surface area contributed by atoms with Gasteiger partial charge >= 0.3 is 0 Å². The molecule has 0 saturated heterocycles. The Morgan fingerprint density at radius 2 is 2.27 bits per heavy atom. The Hall–Kier alpha value is -2.12. The molecule has 2 heterocycles.